The number of benzene rings is 1. The number of rotatable bonds is 5. The maximum absolute atomic E-state index is 12.9. The molecule has 1 unspecified atom stereocenters. The second-order valence-electron chi connectivity index (χ2n) is 3.62. The molecule has 1 atom stereocenters. The quantitative estimate of drug-likeness (QED) is 0.609. The largest absolute Gasteiger partial charge is 0.396 e. The predicted molar refractivity (Wildman–Crippen MR) is 66.7 cm³/mol. The Hall–Kier alpha value is -1.43. The summed E-state index contributed by atoms with van der Waals surface area (Å²) in [5, 5.41) is 2.65. The maximum atomic E-state index is 12.9. The molecule has 6 heteroatoms. The lowest BCUT2D eigenvalue weighted by Crippen LogP contribution is -2.25. The third-order valence-corrected chi connectivity index (χ3v) is 3.02. The van der Waals surface area contributed by atoms with Crippen LogP contribution in [0.15, 0.2) is 18.2 Å². The van der Waals surface area contributed by atoms with E-state index in [0.717, 1.165) is 6.07 Å². The third kappa shape index (κ3) is 4.52. The molecule has 3 N–H and O–H groups in total. The van der Waals surface area contributed by atoms with Gasteiger partial charge >= 0.3 is 0 Å². The summed E-state index contributed by atoms with van der Waals surface area (Å²) >= 11 is 0. The summed E-state index contributed by atoms with van der Waals surface area (Å²) in [6, 6.07) is 3.83. The van der Waals surface area contributed by atoms with Crippen molar-refractivity contribution < 1.29 is 13.4 Å². The van der Waals surface area contributed by atoms with E-state index in [4.69, 9.17) is 5.73 Å². The van der Waals surface area contributed by atoms with Crippen LogP contribution >= 0.6 is 0 Å². The number of carbonyl (C=O) groups excluding carboxylic acids is 1. The number of carbonyl (C=O) groups is 1. The third-order valence-electron chi connectivity index (χ3n) is 2.15. The molecule has 1 rings (SSSR count). The van der Waals surface area contributed by atoms with Crippen LogP contribution in [0.3, 0.4) is 0 Å². The van der Waals surface area contributed by atoms with Gasteiger partial charge in [-0.15, -0.1) is 0 Å². The van der Waals surface area contributed by atoms with Gasteiger partial charge in [0.05, 0.1) is 5.69 Å². The van der Waals surface area contributed by atoms with Crippen LogP contribution in [0, 0.1) is 5.82 Å². The minimum Gasteiger partial charge on any atom is -0.396 e. The van der Waals surface area contributed by atoms with Crippen LogP contribution in [-0.2, 0) is 10.8 Å². The molecule has 0 aliphatic carbocycles. The topological polar surface area (TPSA) is 72.2 Å². The first-order valence-corrected chi connectivity index (χ1v) is 6.86. The van der Waals surface area contributed by atoms with Crippen molar-refractivity contribution >= 4 is 22.4 Å². The van der Waals surface area contributed by atoms with Crippen molar-refractivity contribution in [2.45, 2.75) is 6.42 Å². The van der Waals surface area contributed by atoms with Crippen LogP contribution in [0.1, 0.15) is 16.8 Å². The van der Waals surface area contributed by atoms with Gasteiger partial charge in [0, 0.05) is 34.9 Å². The number of hydrogen-bond donors (Lipinski definition) is 2. The Kier molecular flexibility index (Phi) is 5.09. The molecule has 0 bridgehead atoms. The van der Waals surface area contributed by atoms with Crippen molar-refractivity contribution in [2.75, 3.05) is 24.3 Å². The van der Waals surface area contributed by atoms with Gasteiger partial charge in [-0.2, -0.15) is 0 Å². The van der Waals surface area contributed by atoms with Crippen LogP contribution < -0.4 is 11.1 Å². The molecule has 0 aromatic heterocycles. The fourth-order valence-electron chi connectivity index (χ4n) is 1.26. The molecule has 4 nitrogen and oxygen atoms in total. The van der Waals surface area contributed by atoms with Gasteiger partial charge in [-0.3, -0.25) is 9.00 Å². The molecule has 0 heterocycles. The van der Waals surface area contributed by atoms with Gasteiger partial charge in [0.15, 0.2) is 0 Å². The van der Waals surface area contributed by atoms with Gasteiger partial charge < -0.3 is 11.1 Å². The number of nitrogens with one attached hydrogen (secondary N) is 1. The van der Waals surface area contributed by atoms with Crippen LogP contribution in [0.5, 0.6) is 0 Å². The Bertz CT molecular complexity index is 437. The van der Waals surface area contributed by atoms with Gasteiger partial charge in [0.25, 0.3) is 5.91 Å². The number of amides is 1. The van der Waals surface area contributed by atoms with Crippen molar-refractivity contribution in [3.05, 3.63) is 29.6 Å². The zero-order valence-electron chi connectivity index (χ0n) is 9.53. The predicted octanol–water partition coefficient (Wildman–Crippen LogP) is 0.906. The summed E-state index contributed by atoms with van der Waals surface area (Å²) < 4.78 is 23.6. The summed E-state index contributed by atoms with van der Waals surface area (Å²) in [6.07, 6.45) is 2.26. The van der Waals surface area contributed by atoms with Gasteiger partial charge in [0.2, 0.25) is 0 Å². The number of nitrogen functional groups attached to an aromatic ring is 1. The SMILES string of the molecule is CS(=O)CCCNC(=O)c1ccc(F)c(N)c1. The molecule has 0 fully saturated rings. The van der Waals surface area contributed by atoms with Crippen molar-refractivity contribution in [1.29, 1.82) is 0 Å². The van der Waals surface area contributed by atoms with E-state index in [9.17, 15) is 13.4 Å². The molecule has 0 radical (unpaired) electrons. The highest BCUT2D eigenvalue weighted by Crippen LogP contribution is 2.11. The Labute approximate surface area is 102 Å². The van der Waals surface area contributed by atoms with Gasteiger partial charge in [-0.25, -0.2) is 4.39 Å². The fourth-order valence-corrected chi connectivity index (χ4v) is 1.82. The van der Waals surface area contributed by atoms with Crippen LogP contribution in [0.2, 0.25) is 0 Å². The minimum atomic E-state index is -0.852. The Morgan fingerprint density at radius 3 is 2.82 bits per heavy atom. The summed E-state index contributed by atoms with van der Waals surface area (Å²) in [5.41, 5.74) is 5.63. The highest BCUT2D eigenvalue weighted by molar-refractivity contribution is 7.84. The molecule has 0 aliphatic heterocycles. The lowest BCUT2D eigenvalue weighted by Gasteiger charge is -2.05. The Morgan fingerprint density at radius 2 is 2.24 bits per heavy atom. The second kappa shape index (κ2) is 6.34. The summed E-state index contributed by atoms with van der Waals surface area (Å²) in [4.78, 5) is 11.6. The molecular weight excluding hydrogens is 243 g/mol. The minimum absolute atomic E-state index is 0.0488. The number of nitrogens with two attached hydrogens (primary N) is 1. The van der Waals surface area contributed by atoms with Crippen molar-refractivity contribution in [2.24, 2.45) is 0 Å². The first-order valence-electron chi connectivity index (χ1n) is 5.14. The van der Waals surface area contributed by atoms with E-state index in [2.05, 4.69) is 5.32 Å². The molecule has 0 saturated heterocycles. The first kappa shape index (κ1) is 13.6. The summed E-state index contributed by atoms with van der Waals surface area (Å²) in [6.45, 7) is 0.440. The molecular formula is C11H15FN2O2S. The van der Waals surface area contributed by atoms with Gasteiger partial charge in [0.1, 0.15) is 5.82 Å². The van der Waals surface area contributed by atoms with Crippen LogP contribution in [0.25, 0.3) is 0 Å². The normalized spacial score (nSPS) is 12.1. The highest BCUT2D eigenvalue weighted by Gasteiger charge is 2.07. The van der Waals surface area contributed by atoms with E-state index in [1.165, 1.54) is 12.1 Å². The molecule has 0 spiro atoms. The zero-order chi connectivity index (χ0) is 12.8. The smallest absolute Gasteiger partial charge is 0.251 e. The van der Waals surface area contributed by atoms with E-state index in [1.54, 1.807) is 6.26 Å². The van der Waals surface area contributed by atoms with Crippen molar-refractivity contribution in [3.8, 4) is 0 Å². The Morgan fingerprint density at radius 1 is 1.53 bits per heavy atom. The maximum Gasteiger partial charge on any atom is 0.251 e. The first-order chi connectivity index (χ1) is 8.00. The van der Waals surface area contributed by atoms with E-state index < -0.39 is 16.6 Å². The molecule has 1 amide bonds. The summed E-state index contributed by atoms with van der Waals surface area (Å²) in [7, 11) is -0.852. The second-order valence-corrected chi connectivity index (χ2v) is 5.18. The van der Waals surface area contributed by atoms with E-state index in [1.807, 2.05) is 0 Å². The van der Waals surface area contributed by atoms with Gasteiger partial charge in [-0.05, 0) is 24.6 Å². The zero-order valence-corrected chi connectivity index (χ0v) is 10.3. The van der Waals surface area contributed by atoms with E-state index >= 15 is 0 Å². The molecule has 94 valence electrons. The van der Waals surface area contributed by atoms with Crippen molar-refractivity contribution in [3.63, 3.8) is 0 Å². The van der Waals surface area contributed by atoms with E-state index in [0.29, 0.717) is 24.3 Å². The highest BCUT2D eigenvalue weighted by atomic mass is 32.2. The van der Waals surface area contributed by atoms with Crippen LogP contribution in [0.4, 0.5) is 10.1 Å². The molecule has 1 aromatic rings. The van der Waals surface area contributed by atoms with E-state index in [-0.39, 0.29) is 11.6 Å². The standard InChI is InChI=1S/C11H15FN2O2S/c1-17(16)6-2-5-14-11(15)8-3-4-9(12)10(13)7-8/h3-4,7H,2,5-6,13H2,1H3,(H,14,15). The Balaban J connectivity index is 2.47. The molecule has 0 saturated carbocycles. The van der Waals surface area contributed by atoms with Crippen LogP contribution in [-0.4, -0.2) is 28.7 Å². The van der Waals surface area contributed by atoms with Crippen molar-refractivity contribution in [1.82, 2.24) is 5.32 Å². The average Bonchev–Trinajstić information content (AvgIpc) is 2.27. The number of halogens is 1. The van der Waals surface area contributed by atoms with Gasteiger partial charge in [-0.1, -0.05) is 0 Å². The molecule has 17 heavy (non-hydrogen) atoms. The number of anilines is 1. The lowest BCUT2D eigenvalue weighted by molar-refractivity contribution is 0.0953. The average molecular weight is 258 g/mol. The molecule has 0 aliphatic rings. The number of hydrogen-bond acceptors (Lipinski definition) is 3. The molecule has 1 aromatic carbocycles. The lowest BCUT2D eigenvalue weighted by atomic mass is 10.2. The monoisotopic (exact) mass is 258 g/mol. The fraction of sp³-hybridized carbons (Fsp3) is 0.364. The summed E-state index contributed by atoms with van der Waals surface area (Å²) in [5.74, 6) is -0.298.